The average Bonchev–Trinajstić information content (AvgIpc) is 2.36. The molecular formula is C14H12BrCl2NO. The highest BCUT2D eigenvalue weighted by molar-refractivity contribution is 9.10. The van der Waals surface area contributed by atoms with Gasteiger partial charge in [0.15, 0.2) is 0 Å². The SMILES string of the molecule is Cc1cc(Br)c(NCc2ccc(O)c(Cl)c2)cc1Cl. The number of aryl methyl sites for hydroxylation is 1. The molecule has 2 nitrogen and oxygen atoms in total. The second-order valence-corrected chi connectivity index (χ2v) is 5.89. The van der Waals surface area contributed by atoms with E-state index in [2.05, 4.69) is 21.2 Å². The molecule has 0 bridgehead atoms. The molecule has 0 radical (unpaired) electrons. The molecular weight excluding hydrogens is 349 g/mol. The van der Waals surface area contributed by atoms with E-state index in [1.165, 1.54) is 0 Å². The summed E-state index contributed by atoms with van der Waals surface area (Å²) in [6.45, 7) is 2.55. The molecule has 2 aromatic rings. The van der Waals surface area contributed by atoms with Crippen LogP contribution in [0.2, 0.25) is 10.0 Å². The van der Waals surface area contributed by atoms with Gasteiger partial charge in [0.2, 0.25) is 0 Å². The minimum absolute atomic E-state index is 0.0879. The highest BCUT2D eigenvalue weighted by Crippen LogP contribution is 2.30. The lowest BCUT2D eigenvalue weighted by atomic mass is 10.2. The highest BCUT2D eigenvalue weighted by atomic mass is 79.9. The first kappa shape index (κ1) is 14.5. The topological polar surface area (TPSA) is 32.3 Å². The average molecular weight is 361 g/mol. The van der Waals surface area contributed by atoms with Gasteiger partial charge in [-0.25, -0.2) is 0 Å². The fraction of sp³-hybridized carbons (Fsp3) is 0.143. The zero-order valence-corrected chi connectivity index (χ0v) is 13.3. The Kier molecular flexibility index (Phi) is 4.61. The summed E-state index contributed by atoms with van der Waals surface area (Å²) >= 11 is 15.5. The van der Waals surface area contributed by atoms with Crippen molar-refractivity contribution in [1.29, 1.82) is 0 Å². The number of benzene rings is 2. The van der Waals surface area contributed by atoms with Crippen LogP contribution in [0.5, 0.6) is 5.75 Å². The van der Waals surface area contributed by atoms with E-state index in [1.807, 2.05) is 25.1 Å². The molecule has 0 atom stereocenters. The summed E-state index contributed by atoms with van der Waals surface area (Å²) in [6.07, 6.45) is 0. The predicted molar refractivity (Wildman–Crippen MR) is 84.3 cm³/mol. The standard InChI is InChI=1S/C14H12BrCl2NO/c1-8-4-10(15)13(6-11(8)16)18-7-9-2-3-14(19)12(17)5-9/h2-6,18-19H,7H2,1H3. The largest absolute Gasteiger partial charge is 0.506 e. The van der Waals surface area contributed by atoms with Gasteiger partial charge >= 0.3 is 0 Å². The number of phenols is 1. The Balaban J connectivity index is 2.14. The molecule has 2 rings (SSSR count). The number of hydrogen-bond donors (Lipinski definition) is 2. The van der Waals surface area contributed by atoms with Crippen molar-refractivity contribution in [2.45, 2.75) is 13.5 Å². The first-order chi connectivity index (χ1) is 8.97. The Morgan fingerprint density at radius 1 is 1.16 bits per heavy atom. The second kappa shape index (κ2) is 6.04. The van der Waals surface area contributed by atoms with E-state index in [0.29, 0.717) is 11.6 Å². The molecule has 0 unspecified atom stereocenters. The summed E-state index contributed by atoms with van der Waals surface area (Å²) in [7, 11) is 0. The first-order valence-electron chi connectivity index (χ1n) is 5.64. The monoisotopic (exact) mass is 359 g/mol. The molecule has 0 fully saturated rings. The van der Waals surface area contributed by atoms with E-state index in [9.17, 15) is 5.11 Å². The number of hydrogen-bond acceptors (Lipinski definition) is 2. The van der Waals surface area contributed by atoms with Crippen LogP contribution in [-0.4, -0.2) is 5.11 Å². The summed E-state index contributed by atoms with van der Waals surface area (Å²) in [5, 5.41) is 13.7. The molecule has 0 saturated heterocycles. The number of rotatable bonds is 3. The van der Waals surface area contributed by atoms with Crippen molar-refractivity contribution in [3.8, 4) is 5.75 Å². The quantitative estimate of drug-likeness (QED) is 0.769. The lowest BCUT2D eigenvalue weighted by Crippen LogP contribution is -2.00. The van der Waals surface area contributed by atoms with Crippen molar-refractivity contribution in [3.05, 3.63) is 56.0 Å². The molecule has 0 aromatic heterocycles. The molecule has 0 aliphatic rings. The second-order valence-electron chi connectivity index (χ2n) is 4.22. The predicted octanol–water partition coefficient (Wildman–Crippen LogP) is 5.38. The van der Waals surface area contributed by atoms with Crippen LogP contribution in [0.25, 0.3) is 0 Å². The summed E-state index contributed by atoms with van der Waals surface area (Å²) in [6, 6.07) is 8.97. The van der Waals surface area contributed by atoms with Crippen molar-refractivity contribution in [3.63, 3.8) is 0 Å². The maximum absolute atomic E-state index is 9.36. The first-order valence-corrected chi connectivity index (χ1v) is 7.19. The number of nitrogens with one attached hydrogen (secondary N) is 1. The third-order valence-corrected chi connectivity index (χ3v) is 4.11. The molecule has 0 heterocycles. The number of aromatic hydroxyl groups is 1. The lowest BCUT2D eigenvalue weighted by molar-refractivity contribution is 0.475. The van der Waals surface area contributed by atoms with E-state index < -0.39 is 0 Å². The van der Waals surface area contributed by atoms with Crippen LogP contribution in [0.3, 0.4) is 0 Å². The Hall–Kier alpha value is -0.900. The third-order valence-electron chi connectivity index (χ3n) is 2.74. The van der Waals surface area contributed by atoms with E-state index >= 15 is 0 Å². The van der Waals surface area contributed by atoms with E-state index in [4.69, 9.17) is 23.2 Å². The molecule has 0 amide bonds. The van der Waals surface area contributed by atoms with Gasteiger partial charge in [0.1, 0.15) is 5.75 Å². The molecule has 0 saturated carbocycles. The van der Waals surface area contributed by atoms with Gasteiger partial charge in [0, 0.05) is 16.0 Å². The van der Waals surface area contributed by atoms with Gasteiger partial charge in [-0.3, -0.25) is 0 Å². The Bertz CT molecular complexity index is 617. The van der Waals surface area contributed by atoms with E-state index in [1.54, 1.807) is 12.1 Å². The Morgan fingerprint density at radius 3 is 2.58 bits per heavy atom. The smallest absolute Gasteiger partial charge is 0.134 e. The fourth-order valence-electron chi connectivity index (χ4n) is 1.64. The van der Waals surface area contributed by atoms with Crippen LogP contribution >= 0.6 is 39.1 Å². The molecule has 0 aliphatic carbocycles. The van der Waals surface area contributed by atoms with Crippen LogP contribution in [0.1, 0.15) is 11.1 Å². The van der Waals surface area contributed by atoms with Crippen LogP contribution in [0.15, 0.2) is 34.8 Å². The zero-order chi connectivity index (χ0) is 14.0. The molecule has 19 heavy (non-hydrogen) atoms. The van der Waals surface area contributed by atoms with Crippen molar-refractivity contribution < 1.29 is 5.11 Å². The molecule has 2 N–H and O–H groups in total. The summed E-state index contributed by atoms with van der Waals surface area (Å²) in [5.74, 6) is 0.0879. The van der Waals surface area contributed by atoms with Crippen LogP contribution in [0.4, 0.5) is 5.69 Å². The maximum atomic E-state index is 9.36. The molecule has 100 valence electrons. The van der Waals surface area contributed by atoms with Crippen molar-refractivity contribution in [2.75, 3.05) is 5.32 Å². The summed E-state index contributed by atoms with van der Waals surface area (Å²) < 4.78 is 0.958. The van der Waals surface area contributed by atoms with Gasteiger partial charge in [0.05, 0.1) is 10.7 Å². The molecule has 5 heteroatoms. The van der Waals surface area contributed by atoms with Gasteiger partial charge in [0.25, 0.3) is 0 Å². The minimum Gasteiger partial charge on any atom is -0.506 e. The number of halogens is 3. The van der Waals surface area contributed by atoms with Gasteiger partial charge in [-0.2, -0.15) is 0 Å². The maximum Gasteiger partial charge on any atom is 0.134 e. The number of anilines is 1. The lowest BCUT2D eigenvalue weighted by Gasteiger charge is -2.11. The number of phenolic OH excluding ortho intramolecular Hbond substituents is 1. The van der Waals surface area contributed by atoms with Crippen LogP contribution < -0.4 is 5.32 Å². The fourth-order valence-corrected chi connectivity index (χ4v) is 2.60. The molecule has 0 aliphatic heterocycles. The van der Waals surface area contributed by atoms with Gasteiger partial charge in [-0.05, 0) is 58.2 Å². The van der Waals surface area contributed by atoms with Crippen molar-refractivity contribution in [1.82, 2.24) is 0 Å². The molecule has 2 aromatic carbocycles. The van der Waals surface area contributed by atoms with Crippen molar-refractivity contribution >= 4 is 44.8 Å². The van der Waals surface area contributed by atoms with Gasteiger partial charge < -0.3 is 10.4 Å². The Morgan fingerprint density at radius 2 is 1.89 bits per heavy atom. The minimum atomic E-state index is 0.0879. The summed E-state index contributed by atoms with van der Waals surface area (Å²) in [4.78, 5) is 0. The zero-order valence-electron chi connectivity index (χ0n) is 10.2. The van der Waals surface area contributed by atoms with E-state index in [0.717, 1.165) is 26.3 Å². The Labute approximate surface area is 130 Å². The normalized spacial score (nSPS) is 10.5. The van der Waals surface area contributed by atoms with Crippen LogP contribution in [-0.2, 0) is 6.54 Å². The van der Waals surface area contributed by atoms with Gasteiger partial charge in [-0.1, -0.05) is 29.3 Å². The highest BCUT2D eigenvalue weighted by Gasteiger charge is 2.05. The van der Waals surface area contributed by atoms with E-state index in [-0.39, 0.29) is 5.75 Å². The molecule has 0 spiro atoms. The van der Waals surface area contributed by atoms with Crippen molar-refractivity contribution in [2.24, 2.45) is 0 Å². The summed E-state index contributed by atoms with van der Waals surface area (Å²) in [5.41, 5.74) is 2.91. The third kappa shape index (κ3) is 3.56. The van der Waals surface area contributed by atoms with Gasteiger partial charge in [-0.15, -0.1) is 0 Å². The van der Waals surface area contributed by atoms with Crippen LogP contribution in [0, 0.1) is 6.92 Å².